The van der Waals surface area contributed by atoms with Crippen molar-refractivity contribution in [2.24, 2.45) is 0 Å². The molecular weight excluding hydrogens is 180 g/mol. The van der Waals surface area contributed by atoms with Crippen LogP contribution in [0.1, 0.15) is 0 Å². The molecule has 2 aromatic heterocycles. The molecule has 0 amide bonds. The minimum atomic E-state index is 0.438. The Kier molecular flexibility index (Phi) is 1.72. The Hall–Kier alpha value is -0.730. The van der Waals surface area contributed by atoms with E-state index in [1.165, 1.54) is 0 Å². The first-order chi connectivity index (χ1) is 5.36. The summed E-state index contributed by atoms with van der Waals surface area (Å²) in [4.78, 5) is 1.11. The van der Waals surface area contributed by atoms with Crippen molar-refractivity contribution in [2.75, 3.05) is 0 Å². The zero-order chi connectivity index (χ0) is 7.68. The molecule has 0 fully saturated rings. The maximum atomic E-state index is 5.62. The summed E-state index contributed by atoms with van der Waals surface area (Å²) in [5.41, 5.74) is 0. The van der Waals surface area contributed by atoms with E-state index in [9.17, 15) is 0 Å². The largest absolute Gasteiger partial charge is 0.444 e. The van der Waals surface area contributed by atoms with E-state index in [0.717, 1.165) is 10.6 Å². The molecule has 56 valence electrons. The highest BCUT2D eigenvalue weighted by atomic mass is 35.5. The number of rotatable bonds is 1. The van der Waals surface area contributed by atoms with E-state index >= 15 is 0 Å². The fourth-order valence-corrected chi connectivity index (χ4v) is 1.70. The van der Waals surface area contributed by atoms with E-state index in [0.29, 0.717) is 5.22 Å². The second kappa shape index (κ2) is 2.72. The van der Waals surface area contributed by atoms with Crippen molar-refractivity contribution < 1.29 is 4.42 Å². The van der Waals surface area contributed by atoms with Gasteiger partial charge in [0.2, 0.25) is 0 Å². The van der Waals surface area contributed by atoms with Crippen molar-refractivity contribution in [3.8, 4) is 10.6 Å². The van der Waals surface area contributed by atoms with Crippen molar-refractivity contribution in [3.05, 3.63) is 34.9 Å². The summed E-state index contributed by atoms with van der Waals surface area (Å²) in [6.45, 7) is 0. The van der Waals surface area contributed by atoms with Crippen LogP contribution in [-0.4, -0.2) is 0 Å². The average molecular weight is 185 g/mol. The maximum Gasteiger partial charge on any atom is 0.193 e. The minimum Gasteiger partial charge on any atom is -0.444 e. The number of hydrogen-bond donors (Lipinski definition) is 0. The van der Waals surface area contributed by atoms with E-state index < -0.39 is 0 Å². The Balaban J connectivity index is 2.45. The van der Waals surface area contributed by atoms with Gasteiger partial charge in [-0.15, -0.1) is 11.3 Å². The van der Waals surface area contributed by atoms with Crippen molar-refractivity contribution >= 4 is 22.9 Å². The lowest BCUT2D eigenvalue weighted by Crippen LogP contribution is -1.59. The van der Waals surface area contributed by atoms with Crippen LogP contribution in [0.3, 0.4) is 0 Å². The van der Waals surface area contributed by atoms with Crippen LogP contribution in [0.15, 0.2) is 34.1 Å². The van der Waals surface area contributed by atoms with E-state index in [1.807, 2.05) is 23.6 Å². The van der Waals surface area contributed by atoms with Crippen LogP contribution < -0.4 is 0 Å². The summed E-state index contributed by atoms with van der Waals surface area (Å²) in [6.07, 6.45) is 0. The molecule has 3 heteroatoms. The lowest BCUT2D eigenvalue weighted by Gasteiger charge is -1.86. The van der Waals surface area contributed by atoms with Crippen LogP contribution in [0.2, 0.25) is 5.22 Å². The molecule has 0 radical (unpaired) electrons. The van der Waals surface area contributed by atoms with Crippen molar-refractivity contribution in [1.29, 1.82) is 0 Å². The lowest BCUT2D eigenvalue weighted by molar-refractivity contribution is 0.586. The van der Waals surface area contributed by atoms with Gasteiger partial charge in [0, 0.05) is 0 Å². The molecule has 0 aromatic carbocycles. The Bertz CT molecular complexity index is 337. The van der Waals surface area contributed by atoms with Crippen LogP contribution in [0.4, 0.5) is 0 Å². The molecule has 1 nitrogen and oxygen atoms in total. The molecule has 2 heterocycles. The molecule has 2 rings (SSSR count). The van der Waals surface area contributed by atoms with Crippen LogP contribution in [0.25, 0.3) is 10.6 Å². The number of furan rings is 1. The molecule has 0 unspecified atom stereocenters. The molecule has 11 heavy (non-hydrogen) atoms. The van der Waals surface area contributed by atoms with Crippen LogP contribution >= 0.6 is 22.9 Å². The summed E-state index contributed by atoms with van der Waals surface area (Å²) >= 11 is 7.25. The summed E-state index contributed by atoms with van der Waals surface area (Å²) in [6, 6.07) is 7.60. The third kappa shape index (κ3) is 1.32. The van der Waals surface area contributed by atoms with Gasteiger partial charge in [0.15, 0.2) is 5.22 Å². The molecule has 0 aliphatic carbocycles. The normalized spacial score (nSPS) is 10.3. The Labute approximate surface area is 73.2 Å². The summed E-state index contributed by atoms with van der Waals surface area (Å²) in [7, 11) is 0. The first-order valence-corrected chi connectivity index (χ1v) is 4.41. The number of hydrogen-bond acceptors (Lipinski definition) is 2. The van der Waals surface area contributed by atoms with Crippen LogP contribution in [-0.2, 0) is 0 Å². The van der Waals surface area contributed by atoms with E-state index in [1.54, 1.807) is 17.4 Å². The van der Waals surface area contributed by atoms with Gasteiger partial charge in [0.05, 0.1) is 4.88 Å². The van der Waals surface area contributed by atoms with Crippen LogP contribution in [0.5, 0.6) is 0 Å². The van der Waals surface area contributed by atoms with Gasteiger partial charge in [0.25, 0.3) is 0 Å². The van der Waals surface area contributed by atoms with Gasteiger partial charge in [-0.05, 0) is 35.2 Å². The molecule has 0 aliphatic rings. The average Bonchev–Trinajstić information content (AvgIpc) is 2.55. The molecule has 0 saturated carbocycles. The highest BCUT2D eigenvalue weighted by Crippen LogP contribution is 2.27. The number of halogens is 1. The molecule has 2 aromatic rings. The summed E-state index contributed by atoms with van der Waals surface area (Å²) in [5, 5.41) is 2.44. The van der Waals surface area contributed by atoms with Gasteiger partial charge in [0.1, 0.15) is 5.76 Å². The molecule has 0 N–H and O–H groups in total. The van der Waals surface area contributed by atoms with Gasteiger partial charge in [-0.3, -0.25) is 0 Å². The molecular formula is C8H5ClOS. The molecule has 0 aliphatic heterocycles. The fourth-order valence-electron chi connectivity index (χ4n) is 0.865. The van der Waals surface area contributed by atoms with E-state index in [2.05, 4.69) is 0 Å². The van der Waals surface area contributed by atoms with Crippen LogP contribution in [0, 0.1) is 0 Å². The second-order valence-corrected chi connectivity index (χ2v) is 3.40. The fraction of sp³-hybridized carbons (Fsp3) is 0. The molecule has 0 atom stereocenters. The summed E-state index contributed by atoms with van der Waals surface area (Å²) in [5.74, 6) is 0.838. The number of thiophene rings is 1. The Morgan fingerprint density at radius 3 is 2.73 bits per heavy atom. The zero-order valence-electron chi connectivity index (χ0n) is 5.58. The minimum absolute atomic E-state index is 0.438. The molecule has 0 saturated heterocycles. The Morgan fingerprint density at radius 1 is 1.27 bits per heavy atom. The first-order valence-electron chi connectivity index (χ1n) is 3.15. The highest BCUT2D eigenvalue weighted by Gasteiger charge is 2.02. The monoisotopic (exact) mass is 184 g/mol. The second-order valence-electron chi connectivity index (χ2n) is 2.08. The third-order valence-electron chi connectivity index (χ3n) is 1.34. The molecule has 0 spiro atoms. The van der Waals surface area contributed by atoms with Crippen molar-refractivity contribution in [2.45, 2.75) is 0 Å². The van der Waals surface area contributed by atoms with Crippen molar-refractivity contribution in [1.82, 2.24) is 0 Å². The van der Waals surface area contributed by atoms with Gasteiger partial charge >= 0.3 is 0 Å². The Morgan fingerprint density at radius 2 is 2.18 bits per heavy atom. The predicted octanol–water partition coefficient (Wildman–Crippen LogP) is 3.66. The maximum absolute atomic E-state index is 5.62. The topological polar surface area (TPSA) is 13.1 Å². The van der Waals surface area contributed by atoms with Gasteiger partial charge in [-0.25, -0.2) is 0 Å². The standard InChI is InChI=1S/C8H5ClOS/c9-8-4-3-6(10-8)7-2-1-5-11-7/h1-5H. The lowest BCUT2D eigenvalue weighted by atomic mass is 10.4. The van der Waals surface area contributed by atoms with Gasteiger partial charge in [-0.2, -0.15) is 0 Å². The van der Waals surface area contributed by atoms with Gasteiger partial charge in [-0.1, -0.05) is 6.07 Å². The van der Waals surface area contributed by atoms with Gasteiger partial charge < -0.3 is 4.42 Å². The molecule has 0 bridgehead atoms. The van der Waals surface area contributed by atoms with Crippen molar-refractivity contribution in [3.63, 3.8) is 0 Å². The van der Waals surface area contributed by atoms with E-state index in [4.69, 9.17) is 16.0 Å². The smallest absolute Gasteiger partial charge is 0.193 e. The highest BCUT2D eigenvalue weighted by molar-refractivity contribution is 7.13. The first kappa shape index (κ1) is 6.95. The SMILES string of the molecule is Clc1ccc(-c2cccs2)o1. The summed E-state index contributed by atoms with van der Waals surface area (Å²) < 4.78 is 5.20. The zero-order valence-corrected chi connectivity index (χ0v) is 7.15. The quantitative estimate of drug-likeness (QED) is 0.659. The van der Waals surface area contributed by atoms with E-state index in [-0.39, 0.29) is 0 Å². The predicted molar refractivity (Wildman–Crippen MR) is 47.0 cm³/mol. The third-order valence-corrected chi connectivity index (χ3v) is 2.42.